The standard InChI is InChI=1S/C9H10N2O2/c1-6(5-8(12)13)9-7(2)10-3-4-11-9/h3-5H,1-2H3,(H,12,13). The maximum Gasteiger partial charge on any atom is 0.328 e. The fourth-order valence-corrected chi connectivity index (χ4v) is 1.05. The molecule has 0 aliphatic carbocycles. The zero-order chi connectivity index (χ0) is 9.84. The first-order chi connectivity index (χ1) is 6.11. The predicted octanol–water partition coefficient (Wildman–Crippen LogP) is 1.27. The Kier molecular flexibility index (Phi) is 2.74. The first kappa shape index (κ1) is 9.38. The third-order valence-corrected chi connectivity index (χ3v) is 1.59. The molecule has 0 aliphatic heterocycles. The van der Waals surface area contributed by atoms with Gasteiger partial charge in [-0.15, -0.1) is 0 Å². The van der Waals surface area contributed by atoms with Gasteiger partial charge in [0.05, 0.1) is 11.4 Å². The molecule has 4 nitrogen and oxygen atoms in total. The van der Waals surface area contributed by atoms with Gasteiger partial charge in [0.15, 0.2) is 0 Å². The average molecular weight is 178 g/mol. The minimum absolute atomic E-state index is 0.609. The highest BCUT2D eigenvalue weighted by molar-refractivity contribution is 5.89. The van der Waals surface area contributed by atoms with Gasteiger partial charge in [0.1, 0.15) is 0 Å². The number of aliphatic carboxylic acids is 1. The smallest absolute Gasteiger partial charge is 0.328 e. The van der Waals surface area contributed by atoms with Gasteiger partial charge in [-0.05, 0) is 19.4 Å². The molecular weight excluding hydrogens is 168 g/mol. The number of carbonyl (C=O) groups is 1. The van der Waals surface area contributed by atoms with Gasteiger partial charge in [0.25, 0.3) is 0 Å². The summed E-state index contributed by atoms with van der Waals surface area (Å²) in [5.74, 6) is -0.970. The highest BCUT2D eigenvalue weighted by Crippen LogP contribution is 2.12. The molecule has 0 saturated heterocycles. The van der Waals surface area contributed by atoms with Crippen LogP contribution in [0.4, 0.5) is 0 Å². The molecule has 1 heterocycles. The summed E-state index contributed by atoms with van der Waals surface area (Å²) in [6.45, 7) is 3.49. The van der Waals surface area contributed by atoms with Gasteiger partial charge in [0.2, 0.25) is 0 Å². The number of allylic oxidation sites excluding steroid dienone is 1. The van der Waals surface area contributed by atoms with Crippen LogP contribution in [0, 0.1) is 6.92 Å². The Bertz CT molecular complexity index is 358. The lowest BCUT2D eigenvalue weighted by molar-refractivity contribution is -0.131. The zero-order valence-electron chi connectivity index (χ0n) is 7.48. The van der Waals surface area contributed by atoms with Crippen molar-refractivity contribution in [3.8, 4) is 0 Å². The Labute approximate surface area is 76.0 Å². The number of hydrogen-bond donors (Lipinski definition) is 1. The number of hydrogen-bond acceptors (Lipinski definition) is 3. The molecule has 0 aromatic carbocycles. The van der Waals surface area contributed by atoms with Crippen molar-refractivity contribution in [1.29, 1.82) is 0 Å². The number of nitrogens with zero attached hydrogens (tertiary/aromatic N) is 2. The highest BCUT2D eigenvalue weighted by atomic mass is 16.4. The molecule has 1 aromatic heterocycles. The van der Waals surface area contributed by atoms with Gasteiger partial charge in [-0.3, -0.25) is 9.97 Å². The maximum absolute atomic E-state index is 10.4. The number of aromatic nitrogens is 2. The summed E-state index contributed by atoms with van der Waals surface area (Å²) in [5.41, 5.74) is 1.97. The molecular formula is C9H10N2O2. The topological polar surface area (TPSA) is 63.1 Å². The fourth-order valence-electron chi connectivity index (χ4n) is 1.05. The molecule has 0 atom stereocenters. The van der Waals surface area contributed by atoms with Crippen LogP contribution in [0.25, 0.3) is 5.57 Å². The summed E-state index contributed by atoms with van der Waals surface area (Å²) in [6, 6.07) is 0. The quantitative estimate of drug-likeness (QED) is 0.693. The van der Waals surface area contributed by atoms with Crippen LogP contribution in [0.15, 0.2) is 18.5 Å². The first-order valence-electron chi connectivity index (χ1n) is 3.80. The molecule has 0 radical (unpaired) electrons. The first-order valence-corrected chi connectivity index (χ1v) is 3.80. The van der Waals surface area contributed by atoms with E-state index in [2.05, 4.69) is 9.97 Å². The van der Waals surface area contributed by atoms with Crippen LogP contribution < -0.4 is 0 Å². The molecule has 13 heavy (non-hydrogen) atoms. The summed E-state index contributed by atoms with van der Waals surface area (Å²) in [5, 5.41) is 8.51. The molecule has 0 spiro atoms. The van der Waals surface area contributed by atoms with Crippen LogP contribution in [0.1, 0.15) is 18.3 Å². The van der Waals surface area contributed by atoms with E-state index in [0.717, 1.165) is 11.8 Å². The highest BCUT2D eigenvalue weighted by Gasteiger charge is 2.03. The summed E-state index contributed by atoms with van der Waals surface area (Å²) >= 11 is 0. The lowest BCUT2D eigenvalue weighted by atomic mass is 10.1. The van der Waals surface area contributed by atoms with Crippen molar-refractivity contribution in [2.75, 3.05) is 0 Å². The van der Waals surface area contributed by atoms with Crippen LogP contribution >= 0.6 is 0 Å². The summed E-state index contributed by atoms with van der Waals surface area (Å²) in [7, 11) is 0. The van der Waals surface area contributed by atoms with Crippen molar-refractivity contribution in [3.05, 3.63) is 29.9 Å². The largest absolute Gasteiger partial charge is 0.478 e. The van der Waals surface area contributed by atoms with E-state index in [4.69, 9.17) is 5.11 Å². The Balaban J connectivity index is 3.08. The van der Waals surface area contributed by atoms with Crippen molar-refractivity contribution in [2.24, 2.45) is 0 Å². The fraction of sp³-hybridized carbons (Fsp3) is 0.222. The summed E-state index contributed by atoms with van der Waals surface area (Å²) in [6.07, 6.45) is 4.24. The van der Waals surface area contributed by atoms with Gasteiger partial charge in [-0.2, -0.15) is 0 Å². The molecule has 0 bridgehead atoms. The van der Waals surface area contributed by atoms with E-state index in [0.29, 0.717) is 11.3 Å². The minimum Gasteiger partial charge on any atom is -0.478 e. The Hall–Kier alpha value is -1.71. The van der Waals surface area contributed by atoms with Gasteiger partial charge in [0, 0.05) is 18.5 Å². The van der Waals surface area contributed by atoms with E-state index in [1.165, 1.54) is 0 Å². The summed E-state index contributed by atoms with van der Waals surface area (Å²) in [4.78, 5) is 18.4. The Morgan fingerprint density at radius 1 is 1.46 bits per heavy atom. The van der Waals surface area contributed by atoms with E-state index < -0.39 is 5.97 Å². The van der Waals surface area contributed by atoms with Crippen molar-refractivity contribution >= 4 is 11.5 Å². The van der Waals surface area contributed by atoms with Crippen LogP contribution in [0.2, 0.25) is 0 Å². The second-order valence-corrected chi connectivity index (χ2v) is 2.66. The van der Waals surface area contributed by atoms with E-state index in [1.54, 1.807) is 26.2 Å². The second kappa shape index (κ2) is 3.80. The maximum atomic E-state index is 10.4. The van der Waals surface area contributed by atoms with E-state index in [9.17, 15) is 4.79 Å². The van der Waals surface area contributed by atoms with Gasteiger partial charge < -0.3 is 5.11 Å². The van der Waals surface area contributed by atoms with Crippen molar-refractivity contribution in [1.82, 2.24) is 9.97 Å². The molecule has 1 rings (SSSR count). The Morgan fingerprint density at radius 3 is 2.62 bits per heavy atom. The molecule has 4 heteroatoms. The molecule has 0 aliphatic rings. The van der Waals surface area contributed by atoms with Crippen molar-refractivity contribution in [2.45, 2.75) is 13.8 Å². The minimum atomic E-state index is -0.970. The monoisotopic (exact) mass is 178 g/mol. The number of carboxylic acid groups (broad SMARTS) is 1. The van der Waals surface area contributed by atoms with Crippen LogP contribution in [0.3, 0.4) is 0 Å². The normalized spacial score (nSPS) is 11.4. The van der Waals surface area contributed by atoms with Crippen molar-refractivity contribution in [3.63, 3.8) is 0 Å². The zero-order valence-corrected chi connectivity index (χ0v) is 7.48. The number of aryl methyl sites for hydroxylation is 1. The molecule has 1 aromatic rings. The van der Waals surface area contributed by atoms with Crippen molar-refractivity contribution < 1.29 is 9.90 Å². The molecule has 0 unspecified atom stereocenters. The average Bonchev–Trinajstić information content (AvgIpc) is 2.03. The van der Waals surface area contributed by atoms with Gasteiger partial charge in [-0.1, -0.05) is 0 Å². The predicted molar refractivity (Wildman–Crippen MR) is 48.1 cm³/mol. The van der Waals surface area contributed by atoms with Gasteiger partial charge in [-0.25, -0.2) is 4.79 Å². The van der Waals surface area contributed by atoms with Crippen LogP contribution in [-0.2, 0) is 4.79 Å². The molecule has 0 fully saturated rings. The van der Waals surface area contributed by atoms with Crippen LogP contribution in [0.5, 0.6) is 0 Å². The van der Waals surface area contributed by atoms with E-state index >= 15 is 0 Å². The third-order valence-electron chi connectivity index (χ3n) is 1.59. The summed E-state index contributed by atoms with van der Waals surface area (Å²) < 4.78 is 0. The lowest BCUT2D eigenvalue weighted by Gasteiger charge is -2.01. The molecule has 0 amide bonds. The molecule has 1 N–H and O–H groups in total. The number of carboxylic acids is 1. The Morgan fingerprint density at radius 2 is 2.08 bits per heavy atom. The van der Waals surface area contributed by atoms with E-state index in [1.807, 2.05) is 0 Å². The third kappa shape index (κ3) is 2.37. The SMILES string of the molecule is CC(=CC(=O)O)c1nccnc1C. The van der Waals surface area contributed by atoms with E-state index in [-0.39, 0.29) is 0 Å². The number of rotatable bonds is 2. The van der Waals surface area contributed by atoms with Gasteiger partial charge >= 0.3 is 5.97 Å². The second-order valence-electron chi connectivity index (χ2n) is 2.66. The van der Waals surface area contributed by atoms with Crippen LogP contribution in [-0.4, -0.2) is 21.0 Å². The molecule has 0 saturated carbocycles. The lowest BCUT2D eigenvalue weighted by Crippen LogP contribution is -1.96. The molecule has 68 valence electrons.